The van der Waals surface area contributed by atoms with E-state index in [4.69, 9.17) is 9.47 Å². The zero-order valence-corrected chi connectivity index (χ0v) is 17.0. The highest BCUT2D eigenvalue weighted by Gasteiger charge is 2.39. The van der Waals surface area contributed by atoms with Gasteiger partial charge in [0.1, 0.15) is 17.2 Å². The van der Waals surface area contributed by atoms with Gasteiger partial charge >= 0.3 is 12.1 Å². The molecule has 1 aromatic rings. The number of carbonyl (C=O) groups excluding carboxylic acids is 4. The minimum absolute atomic E-state index is 0.257. The quantitative estimate of drug-likeness (QED) is 0.626. The Balaban J connectivity index is 2.22. The van der Waals surface area contributed by atoms with E-state index < -0.39 is 41.1 Å². The number of esters is 1. The fraction of sp³-hybridized carbons (Fsp3) is 0.500. The largest absolute Gasteiger partial charge is 0.458 e. The molecule has 0 radical (unpaired) electrons. The van der Waals surface area contributed by atoms with E-state index in [1.807, 2.05) is 0 Å². The van der Waals surface area contributed by atoms with Crippen LogP contribution >= 0.6 is 0 Å². The predicted octanol–water partition coefficient (Wildman–Crippen LogP) is 2.52. The van der Waals surface area contributed by atoms with Gasteiger partial charge in [-0.2, -0.15) is 0 Å². The third-order valence-electron chi connectivity index (χ3n) is 3.63. The molecular formula is C20H26N2O6. The Morgan fingerprint density at radius 2 is 1.39 bits per heavy atom. The summed E-state index contributed by atoms with van der Waals surface area (Å²) >= 11 is 0. The van der Waals surface area contributed by atoms with Crippen molar-refractivity contribution in [1.82, 2.24) is 10.2 Å². The third-order valence-corrected chi connectivity index (χ3v) is 3.63. The van der Waals surface area contributed by atoms with Gasteiger partial charge in [-0.1, -0.05) is 12.1 Å². The summed E-state index contributed by atoms with van der Waals surface area (Å²) in [6.07, 6.45) is -0.847. The molecule has 0 spiro atoms. The number of alkyl carbamates (subject to hydrolysis) is 1. The number of fused-ring (bicyclic) bond motifs is 1. The van der Waals surface area contributed by atoms with Gasteiger partial charge in [-0.05, 0) is 53.7 Å². The molecule has 1 atom stereocenters. The number of imide groups is 1. The second kappa shape index (κ2) is 7.61. The van der Waals surface area contributed by atoms with Crippen molar-refractivity contribution in [1.29, 1.82) is 0 Å². The fourth-order valence-corrected chi connectivity index (χ4v) is 2.59. The van der Waals surface area contributed by atoms with Crippen LogP contribution in [0.4, 0.5) is 4.79 Å². The summed E-state index contributed by atoms with van der Waals surface area (Å²) in [7, 11) is 0. The molecule has 2 rings (SSSR count). The summed E-state index contributed by atoms with van der Waals surface area (Å²) in [5.74, 6) is -1.82. The van der Waals surface area contributed by atoms with E-state index in [9.17, 15) is 19.2 Å². The highest BCUT2D eigenvalue weighted by Crippen LogP contribution is 2.23. The Labute approximate surface area is 164 Å². The average molecular weight is 390 g/mol. The molecule has 8 heteroatoms. The van der Waals surface area contributed by atoms with Gasteiger partial charge in [-0.3, -0.25) is 14.5 Å². The van der Waals surface area contributed by atoms with Gasteiger partial charge in [0.15, 0.2) is 0 Å². The lowest BCUT2D eigenvalue weighted by molar-refractivity contribution is -0.157. The van der Waals surface area contributed by atoms with Gasteiger partial charge in [0, 0.05) is 0 Å². The van der Waals surface area contributed by atoms with Crippen molar-refractivity contribution in [3.63, 3.8) is 0 Å². The highest BCUT2D eigenvalue weighted by molar-refractivity contribution is 6.21. The zero-order chi connectivity index (χ0) is 21.3. The summed E-state index contributed by atoms with van der Waals surface area (Å²) in [6, 6.07) is 5.12. The number of benzene rings is 1. The molecule has 0 aliphatic carbocycles. The molecule has 3 amide bonds. The van der Waals surface area contributed by atoms with E-state index in [0.29, 0.717) is 0 Å². The molecule has 1 aliphatic heterocycles. The smallest absolute Gasteiger partial charge is 0.408 e. The number of rotatable bonds is 4. The lowest BCUT2D eigenvalue weighted by atomic mass is 10.1. The van der Waals surface area contributed by atoms with Crippen LogP contribution in [0.5, 0.6) is 0 Å². The molecule has 1 N–H and O–H groups in total. The SMILES string of the molecule is CC(C)(C)OC(=O)N[C@H](CN1C(=O)c2ccccc2C1=O)C(=O)OC(C)(C)C. The second-order valence-electron chi connectivity index (χ2n) is 8.50. The third kappa shape index (κ3) is 5.31. The van der Waals surface area contributed by atoms with E-state index in [2.05, 4.69) is 5.32 Å². The maximum atomic E-state index is 12.6. The zero-order valence-electron chi connectivity index (χ0n) is 17.0. The van der Waals surface area contributed by atoms with Crippen LogP contribution in [0.25, 0.3) is 0 Å². The average Bonchev–Trinajstić information content (AvgIpc) is 2.76. The van der Waals surface area contributed by atoms with E-state index in [-0.39, 0.29) is 17.7 Å². The Morgan fingerprint density at radius 1 is 0.929 bits per heavy atom. The predicted molar refractivity (Wildman–Crippen MR) is 101 cm³/mol. The Hall–Kier alpha value is -2.90. The van der Waals surface area contributed by atoms with E-state index in [1.165, 1.54) is 0 Å². The topological polar surface area (TPSA) is 102 Å². The Bertz CT molecular complexity index is 769. The summed E-state index contributed by atoms with van der Waals surface area (Å²) in [4.78, 5) is 50.8. The Kier molecular flexibility index (Phi) is 5.82. The molecule has 0 bridgehead atoms. The lowest BCUT2D eigenvalue weighted by Gasteiger charge is -2.28. The lowest BCUT2D eigenvalue weighted by Crippen LogP contribution is -2.52. The van der Waals surface area contributed by atoms with Crippen LogP contribution in [0.2, 0.25) is 0 Å². The van der Waals surface area contributed by atoms with E-state index in [1.54, 1.807) is 65.8 Å². The molecule has 152 valence electrons. The van der Waals surface area contributed by atoms with Crippen LogP contribution in [-0.4, -0.2) is 52.6 Å². The maximum Gasteiger partial charge on any atom is 0.408 e. The molecular weight excluding hydrogens is 364 g/mol. The molecule has 1 aromatic carbocycles. The maximum absolute atomic E-state index is 12.6. The molecule has 0 saturated heterocycles. The van der Waals surface area contributed by atoms with Gasteiger partial charge in [-0.15, -0.1) is 0 Å². The van der Waals surface area contributed by atoms with Crippen molar-refractivity contribution in [2.45, 2.75) is 58.8 Å². The fourth-order valence-electron chi connectivity index (χ4n) is 2.59. The van der Waals surface area contributed by atoms with Crippen molar-refractivity contribution in [2.75, 3.05) is 6.54 Å². The standard InChI is InChI=1S/C20H26N2O6/c1-19(2,3)27-17(25)14(21-18(26)28-20(4,5)6)11-22-15(23)12-9-7-8-10-13(12)16(22)24/h7-10,14H,11H2,1-6H3,(H,21,26)/t14-/m1/s1. The van der Waals surface area contributed by atoms with Gasteiger partial charge in [0.25, 0.3) is 11.8 Å². The summed E-state index contributed by atoms with van der Waals surface area (Å²) in [5.41, 5.74) is -1.08. The summed E-state index contributed by atoms with van der Waals surface area (Å²) in [6.45, 7) is 9.71. The van der Waals surface area contributed by atoms with Crippen LogP contribution in [-0.2, 0) is 14.3 Å². The first kappa shape index (κ1) is 21.4. The molecule has 8 nitrogen and oxygen atoms in total. The molecule has 0 saturated carbocycles. The van der Waals surface area contributed by atoms with Crippen molar-refractivity contribution < 1.29 is 28.7 Å². The molecule has 0 unspecified atom stereocenters. The first-order valence-electron chi connectivity index (χ1n) is 8.96. The molecule has 1 aliphatic rings. The van der Waals surface area contributed by atoms with Crippen LogP contribution in [0.1, 0.15) is 62.3 Å². The van der Waals surface area contributed by atoms with Crippen molar-refractivity contribution in [2.24, 2.45) is 0 Å². The number of carbonyl (C=O) groups is 4. The Morgan fingerprint density at radius 3 is 1.82 bits per heavy atom. The van der Waals surface area contributed by atoms with Crippen LogP contribution < -0.4 is 5.32 Å². The number of hydrogen-bond acceptors (Lipinski definition) is 6. The summed E-state index contributed by atoms with van der Waals surface area (Å²) < 4.78 is 10.5. The minimum atomic E-state index is -1.27. The monoisotopic (exact) mass is 390 g/mol. The normalized spacial score (nSPS) is 15.1. The molecule has 0 aromatic heterocycles. The number of ether oxygens (including phenoxy) is 2. The summed E-state index contributed by atoms with van der Waals surface area (Å²) in [5, 5.41) is 2.41. The van der Waals surface area contributed by atoms with Gasteiger partial charge in [0.05, 0.1) is 17.7 Å². The van der Waals surface area contributed by atoms with Crippen LogP contribution in [0.15, 0.2) is 24.3 Å². The number of nitrogens with one attached hydrogen (secondary N) is 1. The van der Waals surface area contributed by atoms with Crippen LogP contribution in [0.3, 0.4) is 0 Å². The minimum Gasteiger partial charge on any atom is -0.458 e. The van der Waals surface area contributed by atoms with E-state index in [0.717, 1.165) is 4.90 Å². The molecule has 1 heterocycles. The van der Waals surface area contributed by atoms with Gasteiger partial charge < -0.3 is 14.8 Å². The van der Waals surface area contributed by atoms with Gasteiger partial charge in [0.2, 0.25) is 0 Å². The number of hydrogen-bond donors (Lipinski definition) is 1. The van der Waals surface area contributed by atoms with Crippen LogP contribution in [0, 0.1) is 0 Å². The molecule has 28 heavy (non-hydrogen) atoms. The van der Waals surface area contributed by atoms with Crippen molar-refractivity contribution >= 4 is 23.9 Å². The van der Waals surface area contributed by atoms with E-state index >= 15 is 0 Å². The van der Waals surface area contributed by atoms with Crippen molar-refractivity contribution in [3.05, 3.63) is 35.4 Å². The first-order chi connectivity index (χ1) is 12.8. The van der Waals surface area contributed by atoms with Gasteiger partial charge in [-0.25, -0.2) is 9.59 Å². The second-order valence-corrected chi connectivity index (χ2v) is 8.50. The number of amides is 3. The highest BCUT2D eigenvalue weighted by atomic mass is 16.6. The number of nitrogens with zero attached hydrogens (tertiary/aromatic N) is 1. The van der Waals surface area contributed by atoms with Crippen molar-refractivity contribution in [3.8, 4) is 0 Å². The molecule has 0 fully saturated rings. The first-order valence-corrected chi connectivity index (χ1v) is 8.96.